The highest BCUT2D eigenvalue weighted by Crippen LogP contribution is 2.39. The average Bonchev–Trinajstić information content (AvgIpc) is 2.47. The van der Waals surface area contributed by atoms with Crippen molar-refractivity contribution in [1.82, 2.24) is 4.90 Å². The van der Waals surface area contributed by atoms with E-state index < -0.39 is 5.60 Å². The summed E-state index contributed by atoms with van der Waals surface area (Å²) in [5.74, 6) is 0. The van der Waals surface area contributed by atoms with Gasteiger partial charge in [0.2, 0.25) is 0 Å². The molecular formula is C17H22BrNO3. The molecule has 1 saturated carbocycles. The van der Waals surface area contributed by atoms with Crippen LogP contribution in [-0.4, -0.2) is 34.3 Å². The predicted molar refractivity (Wildman–Crippen MR) is 87.6 cm³/mol. The molecule has 1 spiro atoms. The molecule has 3 atom stereocenters. The third kappa shape index (κ3) is 3.15. The Morgan fingerprint density at radius 2 is 2.09 bits per heavy atom. The number of halogens is 1. The molecule has 5 heteroatoms. The van der Waals surface area contributed by atoms with Crippen LogP contribution in [0.25, 0.3) is 0 Å². The van der Waals surface area contributed by atoms with Crippen LogP contribution in [-0.2, 0) is 4.74 Å². The van der Waals surface area contributed by atoms with Gasteiger partial charge in [0.1, 0.15) is 5.60 Å². The van der Waals surface area contributed by atoms with Crippen molar-refractivity contribution >= 4 is 22.0 Å². The van der Waals surface area contributed by atoms with Crippen LogP contribution in [0.5, 0.6) is 0 Å². The van der Waals surface area contributed by atoms with E-state index in [0.29, 0.717) is 13.0 Å². The normalized spacial score (nSPS) is 30.2. The SMILES string of the molecule is C[C@@H](c1ccc(Br)cc1)N1CC[C@@]2(CCC[C@H](O)C2)OC1=O. The van der Waals surface area contributed by atoms with E-state index in [1.54, 1.807) is 4.90 Å². The number of amides is 1. The Morgan fingerprint density at radius 3 is 2.73 bits per heavy atom. The highest BCUT2D eigenvalue weighted by atomic mass is 79.9. The Labute approximate surface area is 139 Å². The molecule has 120 valence electrons. The van der Waals surface area contributed by atoms with Crippen LogP contribution in [0.2, 0.25) is 0 Å². The number of ether oxygens (including phenoxy) is 1. The third-order valence-electron chi connectivity index (χ3n) is 4.94. The van der Waals surface area contributed by atoms with Gasteiger partial charge in [-0.25, -0.2) is 4.79 Å². The second-order valence-corrected chi connectivity index (χ2v) is 7.39. The topological polar surface area (TPSA) is 49.8 Å². The van der Waals surface area contributed by atoms with E-state index in [-0.39, 0.29) is 18.2 Å². The second-order valence-electron chi connectivity index (χ2n) is 6.47. The van der Waals surface area contributed by atoms with Crippen LogP contribution in [0.1, 0.15) is 50.6 Å². The van der Waals surface area contributed by atoms with Crippen LogP contribution in [0.3, 0.4) is 0 Å². The zero-order valence-electron chi connectivity index (χ0n) is 12.8. The lowest BCUT2D eigenvalue weighted by Gasteiger charge is -2.46. The summed E-state index contributed by atoms with van der Waals surface area (Å²) in [5, 5.41) is 9.88. The summed E-state index contributed by atoms with van der Waals surface area (Å²) in [6.45, 7) is 2.71. The third-order valence-corrected chi connectivity index (χ3v) is 5.47. The number of carbonyl (C=O) groups is 1. The molecular weight excluding hydrogens is 346 g/mol. The van der Waals surface area contributed by atoms with Gasteiger partial charge in [-0.05, 0) is 43.9 Å². The van der Waals surface area contributed by atoms with E-state index in [9.17, 15) is 9.90 Å². The molecule has 4 nitrogen and oxygen atoms in total. The minimum atomic E-state index is -0.440. The van der Waals surface area contributed by atoms with Crippen molar-refractivity contribution in [2.45, 2.75) is 56.8 Å². The highest BCUT2D eigenvalue weighted by molar-refractivity contribution is 9.10. The van der Waals surface area contributed by atoms with Gasteiger partial charge in [-0.15, -0.1) is 0 Å². The molecule has 1 amide bonds. The van der Waals surface area contributed by atoms with Crippen LogP contribution in [0, 0.1) is 0 Å². The fourth-order valence-corrected chi connectivity index (χ4v) is 3.86. The molecule has 1 heterocycles. The van der Waals surface area contributed by atoms with Gasteiger partial charge in [-0.3, -0.25) is 0 Å². The van der Waals surface area contributed by atoms with Gasteiger partial charge in [0.25, 0.3) is 0 Å². The number of hydrogen-bond acceptors (Lipinski definition) is 3. The first-order valence-corrected chi connectivity index (χ1v) is 8.72. The molecule has 1 saturated heterocycles. The molecule has 1 aromatic carbocycles. The molecule has 3 rings (SSSR count). The zero-order valence-corrected chi connectivity index (χ0v) is 14.4. The number of nitrogens with zero attached hydrogens (tertiary/aromatic N) is 1. The number of aliphatic hydroxyl groups is 1. The maximum Gasteiger partial charge on any atom is 0.410 e. The van der Waals surface area contributed by atoms with Crippen LogP contribution in [0.4, 0.5) is 4.79 Å². The van der Waals surface area contributed by atoms with E-state index in [4.69, 9.17) is 4.74 Å². The van der Waals surface area contributed by atoms with Crippen LogP contribution >= 0.6 is 15.9 Å². The Kier molecular flexibility index (Phi) is 4.46. The van der Waals surface area contributed by atoms with Gasteiger partial charge in [-0.2, -0.15) is 0 Å². The first kappa shape index (κ1) is 15.8. The summed E-state index contributed by atoms with van der Waals surface area (Å²) < 4.78 is 6.81. The van der Waals surface area contributed by atoms with Gasteiger partial charge >= 0.3 is 6.09 Å². The summed E-state index contributed by atoms with van der Waals surface area (Å²) in [6.07, 6.45) is 3.41. The van der Waals surface area contributed by atoms with Gasteiger partial charge in [0, 0.05) is 23.9 Å². The fourth-order valence-electron chi connectivity index (χ4n) is 3.60. The maximum atomic E-state index is 12.5. The Bertz CT molecular complexity index is 547. The molecule has 0 radical (unpaired) electrons. The highest BCUT2D eigenvalue weighted by Gasteiger charge is 2.44. The van der Waals surface area contributed by atoms with Crippen molar-refractivity contribution in [2.24, 2.45) is 0 Å². The minimum Gasteiger partial charge on any atom is -0.443 e. The molecule has 1 aromatic rings. The first-order chi connectivity index (χ1) is 10.5. The fraction of sp³-hybridized carbons (Fsp3) is 0.588. The monoisotopic (exact) mass is 367 g/mol. The molecule has 2 fully saturated rings. The largest absolute Gasteiger partial charge is 0.443 e. The Morgan fingerprint density at radius 1 is 1.36 bits per heavy atom. The number of hydrogen-bond donors (Lipinski definition) is 1. The van der Waals surface area contributed by atoms with E-state index in [0.717, 1.165) is 35.7 Å². The molecule has 1 aliphatic carbocycles. The lowest BCUT2D eigenvalue weighted by atomic mass is 9.80. The molecule has 1 aliphatic heterocycles. The van der Waals surface area contributed by atoms with E-state index in [1.165, 1.54) is 0 Å². The van der Waals surface area contributed by atoms with E-state index >= 15 is 0 Å². The van der Waals surface area contributed by atoms with Crippen molar-refractivity contribution in [1.29, 1.82) is 0 Å². The lowest BCUT2D eigenvalue weighted by Crippen LogP contribution is -2.52. The predicted octanol–water partition coefficient (Wildman–Crippen LogP) is 4.03. The van der Waals surface area contributed by atoms with Gasteiger partial charge in [0.15, 0.2) is 0 Å². The van der Waals surface area contributed by atoms with Crippen molar-refractivity contribution in [3.8, 4) is 0 Å². The smallest absolute Gasteiger partial charge is 0.410 e. The number of benzene rings is 1. The Balaban J connectivity index is 1.70. The van der Waals surface area contributed by atoms with Gasteiger partial charge in [0.05, 0.1) is 12.1 Å². The summed E-state index contributed by atoms with van der Waals surface area (Å²) in [4.78, 5) is 14.3. The lowest BCUT2D eigenvalue weighted by molar-refractivity contribution is -0.0990. The summed E-state index contributed by atoms with van der Waals surface area (Å²) in [6, 6.07) is 8.01. The maximum absolute atomic E-state index is 12.5. The quantitative estimate of drug-likeness (QED) is 0.858. The van der Waals surface area contributed by atoms with Gasteiger partial charge in [-0.1, -0.05) is 28.1 Å². The van der Waals surface area contributed by atoms with Crippen molar-refractivity contribution in [3.63, 3.8) is 0 Å². The van der Waals surface area contributed by atoms with Crippen molar-refractivity contribution in [2.75, 3.05) is 6.54 Å². The summed E-state index contributed by atoms with van der Waals surface area (Å²) in [7, 11) is 0. The zero-order chi connectivity index (χ0) is 15.7. The van der Waals surface area contributed by atoms with Crippen molar-refractivity contribution in [3.05, 3.63) is 34.3 Å². The van der Waals surface area contributed by atoms with Crippen LogP contribution in [0.15, 0.2) is 28.7 Å². The standard InChI is InChI=1S/C17H22BrNO3/c1-12(13-4-6-14(18)7-5-13)19-10-9-17(22-16(19)21)8-2-3-15(20)11-17/h4-7,12,15,20H,2-3,8-11H2,1H3/t12-,15-,17+/m0/s1. The van der Waals surface area contributed by atoms with Gasteiger partial charge < -0.3 is 14.7 Å². The van der Waals surface area contributed by atoms with Crippen molar-refractivity contribution < 1.29 is 14.6 Å². The molecule has 2 aliphatic rings. The average molecular weight is 368 g/mol. The van der Waals surface area contributed by atoms with E-state index in [2.05, 4.69) is 15.9 Å². The molecule has 1 N–H and O–H groups in total. The molecule has 0 unspecified atom stereocenters. The second kappa shape index (κ2) is 6.20. The summed E-state index contributed by atoms with van der Waals surface area (Å²) in [5.41, 5.74) is 0.657. The van der Waals surface area contributed by atoms with Crippen LogP contribution < -0.4 is 0 Å². The molecule has 0 bridgehead atoms. The Hall–Kier alpha value is -1.07. The van der Waals surface area contributed by atoms with E-state index in [1.807, 2.05) is 31.2 Å². The minimum absolute atomic E-state index is 0.00790. The molecule has 22 heavy (non-hydrogen) atoms. The molecule has 0 aromatic heterocycles. The number of rotatable bonds is 2. The summed E-state index contributed by atoms with van der Waals surface area (Å²) >= 11 is 3.43. The first-order valence-electron chi connectivity index (χ1n) is 7.92. The number of carbonyl (C=O) groups excluding carboxylic acids is 1. The number of aliphatic hydroxyl groups excluding tert-OH is 1.